The maximum Gasteiger partial charge on any atom is 0.414 e. The third-order valence-electron chi connectivity index (χ3n) is 2.82. The van der Waals surface area contributed by atoms with E-state index in [4.69, 9.17) is 10.5 Å². The summed E-state index contributed by atoms with van der Waals surface area (Å²) in [5.41, 5.74) is 5.36. The van der Waals surface area contributed by atoms with Crippen LogP contribution in [-0.2, 0) is 16.1 Å². The quantitative estimate of drug-likeness (QED) is 0.592. The number of carbonyl (C=O) groups is 2. The van der Waals surface area contributed by atoms with Crippen LogP contribution in [-0.4, -0.2) is 40.6 Å². The molecule has 3 N–H and O–H groups in total. The fraction of sp³-hybridized carbons (Fsp3) is 0.412. The second kappa shape index (κ2) is 9.39. The molecule has 8 nitrogen and oxygen atoms in total. The molecule has 1 rings (SSSR count). The molecule has 1 aromatic heterocycles. The summed E-state index contributed by atoms with van der Waals surface area (Å²) in [4.78, 5) is 29.4. The van der Waals surface area contributed by atoms with Crippen LogP contribution in [0, 0.1) is 11.3 Å². The van der Waals surface area contributed by atoms with Gasteiger partial charge in [0.2, 0.25) is 0 Å². The number of aromatic nitrogens is 1. The minimum absolute atomic E-state index is 0.121. The lowest BCUT2D eigenvalue weighted by molar-refractivity contribution is -0.117. The van der Waals surface area contributed by atoms with Crippen LogP contribution in [0.3, 0.4) is 0 Å². The number of ether oxygens (including phenoxy) is 1. The molecule has 0 saturated carbocycles. The molecule has 0 saturated heterocycles. The lowest BCUT2D eigenvalue weighted by Gasteiger charge is -2.25. The highest BCUT2D eigenvalue weighted by atomic mass is 16.6. The number of hydrogen-bond donors (Lipinski definition) is 2. The summed E-state index contributed by atoms with van der Waals surface area (Å²) < 4.78 is 5.24. The number of nitrogens with zero attached hydrogens (tertiary/aromatic N) is 3. The van der Waals surface area contributed by atoms with E-state index in [0.29, 0.717) is 0 Å². The van der Waals surface area contributed by atoms with Crippen LogP contribution in [0.4, 0.5) is 4.79 Å². The van der Waals surface area contributed by atoms with Gasteiger partial charge in [-0.05, 0) is 32.4 Å². The topological polar surface area (TPSA) is 121 Å². The number of nitrogens with two attached hydrogens (primary N) is 1. The molecule has 0 unspecified atom stereocenters. The van der Waals surface area contributed by atoms with Gasteiger partial charge >= 0.3 is 6.09 Å². The molecule has 0 radical (unpaired) electrons. The van der Waals surface area contributed by atoms with Crippen LogP contribution in [0.5, 0.6) is 0 Å². The highest BCUT2D eigenvalue weighted by Gasteiger charge is 2.22. The van der Waals surface area contributed by atoms with Crippen molar-refractivity contribution in [1.82, 2.24) is 15.2 Å². The van der Waals surface area contributed by atoms with E-state index >= 15 is 0 Å². The molecule has 1 heterocycles. The highest BCUT2D eigenvalue weighted by Crippen LogP contribution is 2.11. The molecule has 8 heteroatoms. The Kier molecular flexibility index (Phi) is 7.56. The molecule has 0 fully saturated rings. The summed E-state index contributed by atoms with van der Waals surface area (Å²) in [6.45, 7) is 5.67. The number of carbonyl (C=O) groups excluding carboxylic acids is 2. The Balaban J connectivity index is 2.83. The molecule has 134 valence electrons. The van der Waals surface area contributed by atoms with Crippen molar-refractivity contribution in [3.05, 3.63) is 41.9 Å². The Morgan fingerprint density at radius 1 is 1.48 bits per heavy atom. The molecular weight excluding hydrogens is 322 g/mol. The van der Waals surface area contributed by atoms with E-state index in [1.165, 1.54) is 0 Å². The first-order valence-electron chi connectivity index (χ1n) is 7.75. The third kappa shape index (κ3) is 7.46. The van der Waals surface area contributed by atoms with E-state index in [0.717, 1.165) is 16.7 Å². The van der Waals surface area contributed by atoms with E-state index in [1.807, 2.05) is 0 Å². The van der Waals surface area contributed by atoms with Crippen LogP contribution in [0.25, 0.3) is 0 Å². The van der Waals surface area contributed by atoms with Crippen LogP contribution in [0.2, 0.25) is 0 Å². The normalized spacial score (nSPS) is 11.4. The van der Waals surface area contributed by atoms with Gasteiger partial charge in [-0.3, -0.25) is 14.7 Å². The molecule has 0 atom stereocenters. The molecule has 0 aromatic carbocycles. The largest absolute Gasteiger partial charge is 0.443 e. The van der Waals surface area contributed by atoms with Gasteiger partial charge in [-0.25, -0.2) is 4.79 Å². The van der Waals surface area contributed by atoms with Crippen LogP contribution in [0.15, 0.2) is 36.3 Å². The molecule has 25 heavy (non-hydrogen) atoms. The molecule has 2 amide bonds. The monoisotopic (exact) mass is 345 g/mol. The molecule has 0 aliphatic carbocycles. The van der Waals surface area contributed by atoms with Crippen molar-refractivity contribution in [1.29, 1.82) is 5.26 Å². The Morgan fingerprint density at radius 2 is 2.20 bits per heavy atom. The van der Waals surface area contributed by atoms with Crippen LogP contribution < -0.4 is 11.1 Å². The van der Waals surface area contributed by atoms with E-state index in [9.17, 15) is 14.9 Å². The average Bonchev–Trinajstić information content (AvgIpc) is 2.55. The van der Waals surface area contributed by atoms with Crippen LogP contribution in [0.1, 0.15) is 26.3 Å². The Bertz CT molecular complexity index is 659. The van der Waals surface area contributed by atoms with Crippen molar-refractivity contribution < 1.29 is 14.3 Å². The van der Waals surface area contributed by atoms with Gasteiger partial charge in [0.25, 0.3) is 5.91 Å². The van der Waals surface area contributed by atoms with Gasteiger partial charge in [-0.15, -0.1) is 0 Å². The van der Waals surface area contributed by atoms with Crippen molar-refractivity contribution in [2.24, 2.45) is 5.73 Å². The Labute approximate surface area is 147 Å². The van der Waals surface area contributed by atoms with E-state index < -0.39 is 17.6 Å². The third-order valence-corrected chi connectivity index (χ3v) is 2.82. The second-order valence-electron chi connectivity index (χ2n) is 6.16. The van der Waals surface area contributed by atoms with Gasteiger partial charge in [0.15, 0.2) is 0 Å². The van der Waals surface area contributed by atoms with Crippen molar-refractivity contribution in [2.75, 3.05) is 13.1 Å². The fourth-order valence-electron chi connectivity index (χ4n) is 1.74. The number of pyridine rings is 1. The summed E-state index contributed by atoms with van der Waals surface area (Å²) in [7, 11) is 0. The highest BCUT2D eigenvalue weighted by molar-refractivity contribution is 5.97. The zero-order valence-electron chi connectivity index (χ0n) is 14.7. The molecule has 0 aliphatic heterocycles. The number of nitriles is 1. The van der Waals surface area contributed by atoms with Gasteiger partial charge in [0.1, 0.15) is 17.2 Å². The lowest BCUT2D eigenvalue weighted by atomic mass is 10.2. The molecule has 1 aromatic rings. The number of amides is 2. The Morgan fingerprint density at radius 3 is 2.72 bits per heavy atom. The van der Waals surface area contributed by atoms with Gasteiger partial charge in [0.05, 0.1) is 0 Å². The molecule has 0 bridgehead atoms. The maximum absolute atomic E-state index is 12.2. The van der Waals surface area contributed by atoms with Gasteiger partial charge in [0, 0.05) is 38.2 Å². The molecular formula is C17H23N5O3. The molecule has 0 spiro atoms. The first-order chi connectivity index (χ1) is 11.8. The first-order valence-corrected chi connectivity index (χ1v) is 7.75. The summed E-state index contributed by atoms with van der Waals surface area (Å²) >= 11 is 0. The van der Waals surface area contributed by atoms with Crippen LogP contribution >= 0.6 is 0 Å². The smallest absolute Gasteiger partial charge is 0.414 e. The van der Waals surface area contributed by atoms with Crippen molar-refractivity contribution in [2.45, 2.75) is 32.9 Å². The minimum atomic E-state index is -0.701. The predicted octanol–water partition coefficient (Wildman–Crippen LogP) is 1.30. The average molecular weight is 345 g/mol. The lowest BCUT2D eigenvalue weighted by Crippen LogP contribution is -2.37. The van der Waals surface area contributed by atoms with Gasteiger partial charge in [-0.2, -0.15) is 5.26 Å². The standard InChI is InChI=1S/C17H23N5O3/c1-17(2,3)25-16(24)22(8-6-18)12-14(9-19)15(23)21-11-13-5-4-7-20-10-13/h4-5,7,10,12H,6,8,11,18H2,1-3H3,(H,21,23)/b14-12-. The van der Waals surface area contributed by atoms with E-state index in [1.54, 1.807) is 51.4 Å². The molecule has 0 aliphatic rings. The SMILES string of the molecule is CC(C)(C)OC(=O)N(/C=C(/C#N)C(=O)NCc1cccnc1)CCN. The maximum atomic E-state index is 12.2. The zero-order valence-corrected chi connectivity index (χ0v) is 14.7. The van der Waals surface area contributed by atoms with Gasteiger partial charge < -0.3 is 15.8 Å². The number of rotatable bonds is 6. The Hall–Kier alpha value is -2.92. The summed E-state index contributed by atoms with van der Waals surface area (Å²) in [5.74, 6) is -0.600. The van der Waals surface area contributed by atoms with Crippen molar-refractivity contribution in [3.63, 3.8) is 0 Å². The first kappa shape index (κ1) is 20.1. The van der Waals surface area contributed by atoms with Crippen molar-refractivity contribution >= 4 is 12.0 Å². The summed E-state index contributed by atoms with van der Waals surface area (Å²) in [5, 5.41) is 11.8. The summed E-state index contributed by atoms with van der Waals surface area (Å²) in [6.07, 6.45) is 3.71. The minimum Gasteiger partial charge on any atom is -0.443 e. The van der Waals surface area contributed by atoms with E-state index in [2.05, 4.69) is 10.3 Å². The zero-order chi connectivity index (χ0) is 18.9. The fourth-order valence-corrected chi connectivity index (χ4v) is 1.74. The van der Waals surface area contributed by atoms with Crippen molar-refractivity contribution in [3.8, 4) is 6.07 Å². The van der Waals surface area contributed by atoms with Gasteiger partial charge in [-0.1, -0.05) is 6.07 Å². The predicted molar refractivity (Wildman–Crippen MR) is 91.8 cm³/mol. The number of nitrogens with one attached hydrogen (secondary N) is 1. The second-order valence-corrected chi connectivity index (χ2v) is 6.16. The number of hydrogen-bond acceptors (Lipinski definition) is 6. The summed E-state index contributed by atoms with van der Waals surface area (Å²) in [6, 6.07) is 5.33. The van der Waals surface area contributed by atoms with E-state index in [-0.39, 0.29) is 25.2 Å².